The van der Waals surface area contributed by atoms with Crippen LogP contribution in [0.2, 0.25) is 0 Å². The van der Waals surface area contributed by atoms with Crippen LogP contribution in [0, 0.1) is 11.8 Å². The van der Waals surface area contributed by atoms with E-state index in [0.717, 1.165) is 28.5 Å². The number of nitrogens with zero attached hydrogens (tertiary/aromatic N) is 1. The van der Waals surface area contributed by atoms with Gasteiger partial charge in [0, 0.05) is 6.54 Å². The Kier molecular flexibility index (Phi) is 3.46. The molecule has 2 atom stereocenters. The highest BCUT2D eigenvalue weighted by atomic mass is 32.1. The van der Waals surface area contributed by atoms with E-state index in [2.05, 4.69) is 17.2 Å². The molecule has 0 aliphatic heterocycles. The molecule has 0 spiro atoms. The number of hydrogen-bond acceptors (Lipinski definition) is 4. The van der Waals surface area contributed by atoms with Gasteiger partial charge in [0.05, 0.1) is 6.20 Å². The van der Waals surface area contributed by atoms with Gasteiger partial charge in [0.25, 0.3) is 0 Å². The van der Waals surface area contributed by atoms with E-state index in [1.54, 1.807) is 6.20 Å². The molecule has 2 unspecified atom stereocenters. The third-order valence-electron chi connectivity index (χ3n) is 3.11. The summed E-state index contributed by atoms with van der Waals surface area (Å²) in [5.41, 5.74) is 5.63. The molecule has 1 heterocycles. The molecular formula is C11H19N3S. The molecule has 4 heteroatoms. The molecule has 0 aromatic carbocycles. The molecule has 2 rings (SSSR count). The van der Waals surface area contributed by atoms with Crippen LogP contribution in [-0.2, 0) is 0 Å². The zero-order chi connectivity index (χ0) is 10.7. The minimum atomic E-state index is 0.787. The maximum atomic E-state index is 5.63. The molecule has 1 aromatic rings. The summed E-state index contributed by atoms with van der Waals surface area (Å²) in [6.45, 7) is 3.41. The summed E-state index contributed by atoms with van der Waals surface area (Å²) in [5.74, 6) is 1.71. The second kappa shape index (κ2) is 4.84. The number of anilines is 2. The van der Waals surface area contributed by atoms with Gasteiger partial charge in [-0.25, -0.2) is 4.98 Å². The predicted molar refractivity (Wildman–Crippen MR) is 66.1 cm³/mol. The number of nitrogens with two attached hydrogens (primary N) is 1. The van der Waals surface area contributed by atoms with E-state index < -0.39 is 0 Å². The first-order valence-electron chi connectivity index (χ1n) is 5.69. The minimum absolute atomic E-state index is 0.787. The van der Waals surface area contributed by atoms with Gasteiger partial charge >= 0.3 is 0 Å². The van der Waals surface area contributed by atoms with E-state index in [4.69, 9.17) is 5.73 Å². The van der Waals surface area contributed by atoms with Crippen molar-refractivity contribution in [3.05, 3.63) is 6.20 Å². The SMILES string of the molecule is CC1CCCC(CNc2ncc(N)s2)C1. The van der Waals surface area contributed by atoms with Crippen molar-refractivity contribution in [2.45, 2.75) is 32.6 Å². The highest BCUT2D eigenvalue weighted by Gasteiger charge is 2.18. The van der Waals surface area contributed by atoms with Crippen LogP contribution in [0.3, 0.4) is 0 Å². The van der Waals surface area contributed by atoms with Crippen molar-refractivity contribution >= 4 is 21.5 Å². The molecule has 1 aliphatic rings. The smallest absolute Gasteiger partial charge is 0.184 e. The topological polar surface area (TPSA) is 50.9 Å². The van der Waals surface area contributed by atoms with Crippen LogP contribution < -0.4 is 11.1 Å². The maximum absolute atomic E-state index is 5.63. The van der Waals surface area contributed by atoms with Gasteiger partial charge in [-0.05, 0) is 24.7 Å². The van der Waals surface area contributed by atoms with Gasteiger partial charge in [0.1, 0.15) is 5.00 Å². The van der Waals surface area contributed by atoms with Gasteiger partial charge < -0.3 is 11.1 Å². The van der Waals surface area contributed by atoms with Crippen LogP contribution >= 0.6 is 11.3 Å². The van der Waals surface area contributed by atoms with Crippen molar-refractivity contribution in [3.63, 3.8) is 0 Å². The third kappa shape index (κ3) is 3.09. The summed E-state index contributed by atoms with van der Waals surface area (Å²) in [6.07, 6.45) is 7.22. The first-order chi connectivity index (χ1) is 7.24. The van der Waals surface area contributed by atoms with Crippen molar-refractivity contribution in [1.29, 1.82) is 0 Å². The van der Waals surface area contributed by atoms with Gasteiger partial charge in [0.2, 0.25) is 0 Å². The third-order valence-corrected chi connectivity index (χ3v) is 3.89. The summed E-state index contributed by atoms with van der Waals surface area (Å²) in [5, 5.41) is 5.13. The molecule has 0 saturated heterocycles. The van der Waals surface area contributed by atoms with Crippen LogP contribution in [0.25, 0.3) is 0 Å². The lowest BCUT2D eigenvalue weighted by Gasteiger charge is -2.26. The van der Waals surface area contributed by atoms with Gasteiger partial charge in [-0.15, -0.1) is 0 Å². The molecule has 0 amide bonds. The Labute approximate surface area is 95.1 Å². The zero-order valence-corrected chi connectivity index (χ0v) is 10.0. The second-order valence-corrected chi connectivity index (χ2v) is 5.65. The van der Waals surface area contributed by atoms with Crippen molar-refractivity contribution < 1.29 is 0 Å². The molecule has 1 aromatic heterocycles. The summed E-state index contributed by atoms with van der Waals surface area (Å²) in [4.78, 5) is 4.20. The number of aromatic nitrogens is 1. The zero-order valence-electron chi connectivity index (χ0n) is 9.20. The lowest BCUT2D eigenvalue weighted by atomic mass is 9.82. The first-order valence-corrected chi connectivity index (χ1v) is 6.51. The second-order valence-electron chi connectivity index (χ2n) is 4.59. The Morgan fingerprint density at radius 3 is 3.13 bits per heavy atom. The molecule has 0 bridgehead atoms. The molecule has 1 fully saturated rings. The van der Waals surface area contributed by atoms with Crippen LogP contribution in [0.5, 0.6) is 0 Å². The van der Waals surface area contributed by atoms with E-state index in [1.165, 1.54) is 37.0 Å². The Morgan fingerprint density at radius 2 is 2.47 bits per heavy atom. The lowest BCUT2D eigenvalue weighted by Crippen LogP contribution is -2.20. The highest BCUT2D eigenvalue weighted by Crippen LogP contribution is 2.29. The maximum Gasteiger partial charge on any atom is 0.184 e. The van der Waals surface area contributed by atoms with Gasteiger partial charge in [-0.3, -0.25) is 0 Å². The van der Waals surface area contributed by atoms with Crippen molar-refractivity contribution in [2.24, 2.45) is 11.8 Å². The van der Waals surface area contributed by atoms with Crippen molar-refractivity contribution in [3.8, 4) is 0 Å². The summed E-state index contributed by atoms with van der Waals surface area (Å²) >= 11 is 1.53. The molecule has 0 radical (unpaired) electrons. The predicted octanol–water partition coefficient (Wildman–Crippen LogP) is 2.96. The lowest BCUT2D eigenvalue weighted by molar-refractivity contribution is 0.293. The average Bonchev–Trinajstić information content (AvgIpc) is 2.62. The Balaban J connectivity index is 1.77. The Morgan fingerprint density at radius 1 is 1.60 bits per heavy atom. The molecule has 3 nitrogen and oxygen atoms in total. The Hall–Kier alpha value is -0.770. The monoisotopic (exact) mass is 225 g/mol. The number of nitrogen functional groups attached to an aromatic ring is 1. The molecular weight excluding hydrogens is 206 g/mol. The molecule has 84 valence electrons. The average molecular weight is 225 g/mol. The number of nitrogens with one attached hydrogen (secondary N) is 1. The van der Waals surface area contributed by atoms with Gasteiger partial charge in [-0.2, -0.15) is 0 Å². The minimum Gasteiger partial charge on any atom is -0.389 e. The molecule has 1 aliphatic carbocycles. The van der Waals surface area contributed by atoms with Crippen molar-refractivity contribution in [2.75, 3.05) is 17.6 Å². The van der Waals surface area contributed by atoms with E-state index in [0.29, 0.717) is 0 Å². The Bertz CT molecular complexity index is 311. The normalized spacial score (nSPS) is 26.5. The molecule has 1 saturated carbocycles. The largest absolute Gasteiger partial charge is 0.389 e. The van der Waals surface area contributed by atoms with E-state index >= 15 is 0 Å². The summed E-state index contributed by atoms with van der Waals surface area (Å²) < 4.78 is 0. The van der Waals surface area contributed by atoms with Crippen LogP contribution in [0.1, 0.15) is 32.6 Å². The fourth-order valence-electron chi connectivity index (χ4n) is 2.35. The summed E-state index contributed by atoms with van der Waals surface area (Å²) in [7, 11) is 0. The molecule has 15 heavy (non-hydrogen) atoms. The van der Waals surface area contributed by atoms with E-state index in [-0.39, 0.29) is 0 Å². The summed E-state index contributed by atoms with van der Waals surface area (Å²) in [6, 6.07) is 0. The number of thiazole rings is 1. The van der Waals surface area contributed by atoms with Crippen LogP contribution in [0.4, 0.5) is 10.1 Å². The highest BCUT2D eigenvalue weighted by molar-refractivity contribution is 7.19. The quantitative estimate of drug-likeness (QED) is 0.831. The van der Waals surface area contributed by atoms with E-state index in [1.807, 2.05) is 0 Å². The van der Waals surface area contributed by atoms with Crippen LogP contribution in [0.15, 0.2) is 6.20 Å². The van der Waals surface area contributed by atoms with Crippen LogP contribution in [-0.4, -0.2) is 11.5 Å². The van der Waals surface area contributed by atoms with Gasteiger partial charge in [-0.1, -0.05) is 31.1 Å². The first kappa shape index (κ1) is 10.7. The van der Waals surface area contributed by atoms with E-state index in [9.17, 15) is 0 Å². The molecule has 3 N–H and O–H groups in total. The van der Waals surface area contributed by atoms with Gasteiger partial charge in [0.15, 0.2) is 5.13 Å². The van der Waals surface area contributed by atoms with Crippen molar-refractivity contribution in [1.82, 2.24) is 4.98 Å². The standard InChI is InChI=1S/C11H19N3S/c1-8-3-2-4-9(5-8)6-13-11-14-7-10(12)15-11/h7-9H,2-6,12H2,1H3,(H,13,14). The number of hydrogen-bond donors (Lipinski definition) is 2. The fourth-order valence-corrected chi connectivity index (χ4v) is 2.93. The number of rotatable bonds is 3. The fraction of sp³-hybridized carbons (Fsp3) is 0.727.